The lowest BCUT2D eigenvalue weighted by Crippen LogP contribution is -2.19. The van der Waals surface area contributed by atoms with E-state index in [-0.39, 0.29) is 17.5 Å². The molecule has 7 nitrogen and oxygen atoms in total. The van der Waals surface area contributed by atoms with Crippen molar-refractivity contribution >= 4 is 22.5 Å². The molecule has 19 heavy (non-hydrogen) atoms. The van der Waals surface area contributed by atoms with E-state index >= 15 is 0 Å². The zero-order valence-electron chi connectivity index (χ0n) is 9.59. The van der Waals surface area contributed by atoms with Crippen molar-refractivity contribution < 1.29 is 4.39 Å². The fourth-order valence-electron chi connectivity index (χ4n) is 1.75. The molecule has 0 radical (unpaired) electrons. The topological polar surface area (TPSA) is 116 Å². The van der Waals surface area contributed by atoms with E-state index in [0.717, 1.165) is 0 Å². The van der Waals surface area contributed by atoms with Crippen LogP contribution in [0.4, 0.5) is 15.9 Å². The second-order valence-corrected chi connectivity index (χ2v) is 3.94. The molecule has 0 saturated carbocycles. The summed E-state index contributed by atoms with van der Waals surface area (Å²) in [5.74, 6) is -0.373. The molecule has 0 aliphatic rings. The van der Waals surface area contributed by atoms with Crippen LogP contribution < -0.4 is 17.0 Å². The van der Waals surface area contributed by atoms with Crippen molar-refractivity contribution in [2.75, 3.05) is 11.5 Å². The van der Waals surface area contributed by atoms with Crippen LogP contribution in [0.25, 0.3) is 17.0 Å². The molecule has 0 saturated heterocycles. The number of hydrogen-bond donors (Lipinski definition) is 3. The molecule has 0 fully saturated rings. The number of anilines is 2. The van der Waals surface area contributed by atoms with E-state index in [9.17, 15) is 9.18 Å². The number of H-pyrrole nitrogens is 1. The zero-order valence-corrected chi connectivity index (χ0v) is 9.59. The number of aromatic nitrogens is 4. The van der Waals surface area contributed by atoms with Crippen LogP contribution in [0.15, 0.2) is 29.3 Å². The maximum Gasteiger partial charge on any atom is 0.277 e. The molecule has 96 valence electrons. The Morgan fingerprint density at radius 3 is 2.84 bits per heavy atom. The summed E-state index contributed by atoms with van der Waals surface area (Å²) < 4.78 is 14.7. The highest BCUT2D eigenvalue weighted by Gasteiger charge is 2.10. The quantitative estimate of drug-likeness (QED) is 0.586. The van der Waals surface area contributed by atoms with E-state index in [4.69, 9.17) is 11.5 Å². The van der Waals surface area contributed by atoms with Gasteiger partial charge in [-0.15, -0.1) is 0 Å². The first-order valence-corrected chi connectivity index (χ1v) is 5.34. The summed E-state index contributed by atoms with van der Waals surface area (Å²) in [4.78, 5) is 22.0. The molecule has 2 aromatic heterocycles. The van der Waals surface area contributed by atoms with Crippen molar-refractivity contribution in [2.45, 2.75) is 0 Å². The van der Waals surface area contributed by atoms with Crippen LogP contribution in [0.3, 0.4) is 0 Å². The van der Waals surface area contributed by atoms with Crippen molar-refractivity contribution in [3.8, 4) is 5.95 Å². The predicted octanol–water partition coefficient (Wildman–Crippen LogP) is 0.412. The van der Waals surface area contributed by atoms with Gasteiger partial charge in [0.25, 0.3) is 5.56 Å². The molecule has 0 aliphatic heterocycles. The van der Waals surface area contributed by atoms with Crippen LogP contribution in [0.2, 0.25) is 0 Å². The number of aromatic amines is 1. The smallest absolute Gasteiger partial charge is 0.277 e. The summed E-state index contributed by atoms with van der Waals surface area (Å²) in [5, 5.41) is 0. The summed E-state index contributed by atoms with van der Waals surface area (Å²) in [6.45, 7) is 0. The molecule has 2 heterocycles. The Morgan fingerprint density at radius 1 is 1.32 bits per heavy atom. The van der Waals surface area contributed by atoms with E-state index in [1.54, 1.807) is 0 Å². The van der Waals surface area contributed by atoms with Crippen LogP contribution in [-0.2, 0) is 0 Å². The summed E-state index contributed by atoms with van der Waals surface area (Å²) in [6, 6.07) is 4.11. The zero-order chi connectivity index (χ0) is 13.6. The van der Waals surface area contributed by atoms with E-state index in [0.29, 0.717) is 11.0 Å². The van der Waals surface area contributed by atoms with Gasteiger partial charge in [-0.3, -0.25) is 14.3 Å². The minimum atomic E-state index is -0.555. The van der Waals surface area contributed by atoms with Crippen molar-refractivity contribution in [1.29, 1.82) is 0 Å². The van der Waals surface area contributed by atoms with Crippen LogP contribution >= 0.6 is 0 Å². The fourth-order valence-corrected chi connectivity index (χ4v) is 1.75. The predicted molar refractivity (Wildman–Crippen MR) is 68.3 cm³/mol. The summed E-state index contributed by atoms with van der Waals surface area (Å²) >= 11 is 0. The summed E-state index contributed by atoms with van der Waals surface area (Å²) in [6.07, 6.45) is 1.41. The molecule has 0 amide bonds. The summed E-state index contributed by atoms with van der Waals surface area (Å²) in [7, 11) is 0. The maximum absolute atomic E-state index is 13.3. The van der Waals surface area contributed by atoms with Gasteiger partial charge in [0.05, 0.1) is 11.0 Å². The van der Waals surface area contributed by atoms with Gasteiger partial charge in [-0.05, 0) is 12.1 Å². The number of rotatable bonds is 1. The number of nitrogens with zero attached hydrogens (tertiary/aromatic N) is 3. The van der Waals surface area contributed by atoms with Gasteiger partial charge in [-0.25, -0.2) is 9.37 Å². The van der Waals surface area contributed by atoms with Gasteiger partial charge >= 0.3 is 0 Å². The van der Waals surface area contributed by atoms with E-state index in [1.165, 1.54) is 29.1 Å². The lowest BCUT2D eigenvalue weighted by Gasteiger charge is -2.05. The molecule has 0 aliphatic carbocycles. The highest BCUT2D eigenvalue weighted by molar-refractivity contribution is 5.76. The number of fused-ring (bicyclic) bond motifs is 1. The van der Waals surface area contributed by atoms with E-state index in [2.05, 4.69) is 15.0 Å². The molecule has 0 unspecified atom stereocenters. The van der Waals surface area contributed by atoms with Crippen LogP contribution in [0, 0.1) is 5.82 Å². The van der Waals surface area contributed by atoms with Crippen LogP contribution in [-0.4, -0.2) is 19.5 Å². The lowest BCUT2D eigenvalue weighted by molar-refractivity contribution is 0.629. The number of nitrogens with two attached hydrogens (primary N) is 2. The molecule has 8 heteroatoms. The van der Waals surface area contributed by atoms with Crippen molar-refractivity contribution in [3.63, 3.8) is 0 Å². The van der Waals surface area contributed by atoms with E-state index in [1.807, 2.05) is 0 Å². The van der Waals surface area contributed by atoms with Crippen molar-refractivity contribution in [1.82, 2.24) is 19.5 Å². The van der Waals surface area contributed by atoms with E-state index < -0.39 is 11.4 Å². The van der Waals surface area contributed by atoms with Gasteiger partial charge < -0.3 is 11.5 Å². The SMILES string of the molecule is Nc1nc(-n2cnc3ccc(F)cc32)[nH]c(=O)c1N. The molecule has 3 rings (SSSR count). The highest BCUT2D eigenvalue weighted by atomic mass is 19.1. The summed E-state index contributed by atoms with van der Waals surface area (Å²) in [5.41, 5.74) is 11.3. The minimum absolute atomic E-state index is 0.0861. The molecule has 1 aromatic carbocycles. The number of halogens is 1. The first kappa shape index (κ1) is 11.2. The Hall–Kier alpha value is -2.90. The number of imidazole rings is 1. The van der Waals surface area contributed by atoms with Gasteiger partial charge in [0.15, 0.2) is 5.82 Å². The second-order valence-electron chi connectivity index (χ2n) is 3.94. The maximum atomic E-state index is 13.3. The number of hydrogen-bond acceptors (Lipinski definition) is 5. The molecule has 0 atom stereocenters. The third-order valence-corrected chi connectivity index (χ3v) is 2.71. The molecule has 3 aromatic rings. The number of benzene rings is 1. The van der Waals surface area contributed by atoms with Crippen LogP contribution in [0.5, 0.6) is 0 Å². The first-order chi connectivity index (χ1) is 9.06. The minimum Gasteiger partial charge on any atom is -0.391 e. The average molecular weight is 260 g/mol. The highest BCUT2D eigenvalue weighted by Crippen LogP contribution is 2.17. The average Bonchev–Trinajstić information content (AvgIpc) is 2.78. The fraction of sp³-hybridized carbons (Fsp3) is 0. The van der Waals surface area contributed by atoms with Crippen molar-refractivity contribution in [3.05, 3.63) is 40.7 Å². The Labute approximate surface area is 105 Å². The number of nitrogen functional groups attached to an aromatic ring is 2. The standard InChI is InChI=1S/C11H9FN6O/c12-5-1-2-6-7(3-5)18(4-15-6)11-16-9(14)8(13)10(19)17-11/h1-4H,13H2,(H3,14,16,17,19). The van der Waals surface area contributed by atoms with Gasteiger partial charge in [-0.2, -0.15) is 4.98 Å². The Balaban J connectivity index is 2.30. The molecule has 0 bridgehead atoms. The van der Waals surface area contributed by atoms with Gasteiger partial charge in [0.1, 0.15) is 17.8 Å². The Bertz CT molecular complexity index is 837. The largest absolute Gasteiger partial charge is 0.391 e. The lowest BCUT2D eigenvalue weighted by atomic mass is 10.3. The van der Waals surface area contributed by atoms with Gasteiger partial charge in [-0.1, -0.05) is 0 Å². The van der Waals surface area contributed by atoms with Crippen LogP contribution in [0.1, 0.15) is 0 Å². The Morgan fingerprint density at radius 2 is 2.11 bits per heavy atom. The third-order valence-electron chi connectivity index (χ3n) is 2.71. The Kier molecular flexibility index (Phi) is 2.24. The molecule has 0 spiro atoms. The van der Waals surface area contributed by atoms with Gasteiger partial charge in [0, 0.05) is 6.07 Å². The monoisotopic (exact) mass is 260 g/mol. The molecular weight excluding hydrogens is 251 g/mol. The molecule has 5 N–H and O–H groups in total. The second kappa shape index (κ2) is 3.80. The normalized spacial score (nSPS) is 11.0. The molecular formula is C11H9FN6O. The first-order valence-electron chi connectivity index (χ1n) is 5.34. The third kappa shape index (κ3) is 1.69. The number of nitrogens with one attached hydrogen (secondary N) is 1. The van der Waals surface area contributed by atoms with Crippen molar-refractivity contribution in [2.24, 2.45) is 0 Å². The van der Waals surface area contributed by atoms with Gasteiger partial charge in [0.2, 0.25) is 5.95 Å².